The number of hydrogen-bond donors (Lipinski definition) is 2. The number of hydrogen-bond acceptors (Lipinski definition) is 8. The molecule has 0 bridgehead atoms. The molecule has 1 atom stereocenters. The largest absolute Gasteiger partial charge is 0.443 e. The highest BCUT2D eigenvalue weighted by molar-refractivity contribution is 5.85. The quantitative estimate of drug-likeness (QED) is 0.419. The number of aromatic nitrogens is 3. The molecule has 0 aliphatic heterocycles. The van der Waals surface area contributed by atoms with Crippen molar-refractivity contribution < 1.29 is 19.1 Å². The standard InChI is InChI=1S/C24H29N7O4/c1-24(2,26)22(32)27-19(16-34-14-17-8-5-4-6-9-17)21-29-28-20-11-7-10-18(31(20)21)15-35-23(33)30(3)13-12-25/h4-11,19H,13-16,26H2,1-3H3,(H,27,32)/t19-/m1/s1. The number of nitriles is 1. The first-order valence-corrected chi connectivity index (χ1v) is 11.0. The van der Waals surface area contributed by atoms with Crippen LogP contribution in [0.3, 0.4) is 0 Å². The fourth-order valence-electron chi connectivity index (χ4n) is 3.18. The number of nitrogens with one attached hydrogen (secondary N) is 1. The summed E-state index contributed by atoms with van der Waals surface area (Å²) in [6, 6.07) is 16.1. The minimum absolute atomic E-state index is 0.0924. The van der Waals surface area contributed by atoms with E-state index >= 15 is 0 Å². The first kappa shape index (κ1) is 25.6. The van der Waals surface area contributed by atoms with Crippen molar-refractivity contribution in [2.24, 2.45) is 5.73 Å². The Morgan fingerprint density at radius 3 is 2.60 bits per heavy atom. The molecule has 0 fully saturated rings. The molecule has 2 heterocycles. The average molecular weight is 480 g/mol. The maximum Gasteiger partial charge on any atom is 0.410 e. The lowest BCUT2D eigenvalue weighted by atomic mass is 10.1. The predicted molar refractivity (Wildman–Crippen MR) is 127 cm³/mol. The summed E-state index contributed by atoms with van der Waals surface area (Å²) < 4.78 is 13.0. The van der Waals surface area contributed by atoms with Crippen LogP contribution in [0.25, 0.3) is 5.65 Å². The number of benzene rings is 1. The number of ether oxygens (including phenoxy) is 2. The molecule has 11 heteroatoms. The summed E-state index contributed by atoms with van der Waals surface area (Å²) >= 11 is 0. The molecule has 184 valence electrons. The number of rotatable bonds is 10. The number of carbonyl (C=O) groups excluding carboxylic acids is 2. The SMILES string of the molecule is CN(CC#N)C(=O)OCc1cccc2nnc([C@@H](COCc3ccccc3)NC(=O)C(C)(C)N)n12. The zero-order chi connectivity index (χ0) is 25.4. The molecule has 1 aromatic carbocycles. The third kappa shape index (κ3) is 6.75. The first-order chi connectivity index (χ1) is 16.7. The minimum atomic E-state index is -1.12. The van der Waals surface area contributed by atoms with Gasteiger partial charge in [-0.2, -0.15) is 5.26 Å². The number of fused-ring (bicyclic) bond motifs is 1. The van der Waals surface area contributed by atoms with Gasteiger partial charge in [0.2, 0.25) is 5.91 Å². The van der Waals surface area contributed by atoms with Crippen molar-refractivity contribution >= 4 is 17.6 Å². The van der Waals surface area contributed by atoms with Gasteiger partial charge >= 0.3 is 6.09 Å². The van der Waals surface area contributed by atoms with Gasteiger partial charge in [0.15, 0.2) is 11.5 Å². The van der Waals surface area contributed by atoms with Gasteiger partial charge in [-0.1, -0.05) is 36.4 Å². The van der Waals surface area contributed by atoms with E-state index in [0.717, 1.165) is 10.5 Å². The van der Waals surface area contributed by atoms with E-state index in [0.29, 0.717) is 23.8 Å². The molecule has 0 aliphatic carbocycles. The van der Waals surface area contributed by atoms with Crippen LogP contribution in [0.15, 0.2) is 48.5 Å². The van der Waals surface area contributed by atoms with Crippen molar-refractivity contribution in [3.05, 3.63) is 65.6 Å². The van der Waals surface area contributed by atoms with E-state index in [4.69, 9.17) is 20.5 Å². The van der Waals surface area contributed by atoms with Crippen LogP contribution in [0.4, 0.5) is 4.79 Å². The Morgan fingerprint density at radius 1 is 1.17 bits per heavy atom. The van der Waals surface area contributed by atoms with Gasteiger partial charge in [-0.15, -0.1) is 10.2 Å². The van der Waals surface area contributed by atoms with E-state index in [2.05, 4.69) is 15.5 Å². The Balaban J connectivity index is 1.86. The molecule has 3 rings (SSSR count). The fraction of sp³-hybridized carbons (Fsp3) is 0.375. The third-order valence-corrected chi connectivity index (χ3v) is 5.10. The fourth-order valence-corrected chi connectivity index (χ4v) is 3.18. The molecule has 0 radical (unpaired) electrons. The van der Waals surface area contributed by atoms with E-state index in [1.807, 2.05) is 36.4 Å². The summed E-state index contributed by atoms with van der Waals surface area (Å²) in [6.07, 6.45) is -0.640. The highest BCUT2D eigenvalue weighted by atomic mass is 16.6. The summed E-state index contributed by atoms with van der Waals surface area (Å²) in [5.74, 6) is 0.0206. The maximum atomic E-state index is 12.7. The number of carbonyl (C=O) groups is 2. The van der Waals surface area contributed by atoms with Crippen LogP contribution < -0.4 is 11.1 Å². The van der Waals surface area contributed by atoms with E-state index in [-0.39, 0.29) is 25.7 Å². The number of pyridine rings is 1. The second-order valence-electron chi connectivity index (χ2n) is 8.59. The maximum absolute atomic E-state index is 12.7. The summed E-state index contributed by atoms with van der Waals surface area (Å²) in [7, 11) is 1.47. The summed E-state index contributed by atoms with van der Waals surface area (Å²) in [6.45, 7) is 3.47. The molecule has 0 saturated carbocycles. The summed E-state index contributed by atoms with van der Waals surface area (Å²) in [5, 5.41) is 20.2. The van der Waals surface area contributed by atoms with Crippen molar-refractivity contribution in [3.63, 3.8) is 0 Å². The molecule has 0 spiro atoms. The van der Waals surface area contributed by atoms with Crippen LogP contribution in [0.1, 0.15) is 37.0 Å². The molecule has 35 heavy (non-hydrogen) atoms. The lowest BCUT2D eigenvalue weighted by molar-refractivity contribution is -0.126. The van der Waals surface area contributed by atoms with E-state index in [1.165, 1.54) is 7.05 Å². The predicted octanol–water partition coefficient (Wildman–Crippen LogP) is 1.93. The van der Waals surface area contributed by atoms with Crippen LogP contribution in [0.5, 0.6) is 0 Å². The van der Waals surface area contributed by atoms with Crippen LogP contribution in [0.2, 0.25) is 0 Å². The topological polar surface area (TPSA) is 148 Å². The average Bonchev–Trinajstić information content (AvgIpc) is 3.26. The minimum Gasteiger partial charge on any atom is -0.443 e. The van der Waals surface area contributed by atoms with Crippen LogP contribution in [-0.4, -0.2) is 57.2 Å². The van der Waals surface area contributed by atoms with Gasteiger partial charge in [-0.05, 0) is 31.5 Å². The molecule has 0 unspecified atom stereocenters. The van der Waals surface area contributed by atoms with E-state index in [1.54, 1.807) is 36.4 Å². The van der Waals surface area contributed by atoms with Crippen molar-refractivity contribution in [3.8, 4) is 6.07 Å². The second-order valence-corrected chi connectivity index (χ2v) is 8.59. The Hall–Kier alpha value is -4.01. The van der Waals surface area contributed by atoms with Crippen LogP contribution in [-0.2, 0) is 27.5 Å². The second kappa shape index (κ2) is 11.4. The van der Waals surface area contributed by atoms with Gasteiger partial charge in [0.1, 0.15) is 19.2 Å². The lowest BCUT2D eigenvalue weighted by Crippen LogP contribution is -2.51. The van der Waals surface area contributed by atoms with Gasteiger partial charge in [0, 0.05) is 7.05 Å². The molecule has 11 nitrogen and oxygen atoms in total. The van der Waals surface area contributed by atoms with Gasteiger partial charge < -0.3 is 20.5 Å². The monoisotopic (exact) mass is 479 g/mol. The van der Waals surface area contributed by atoms with Gasteiger partial charge in [-0.3, -0.25) is 14.1 Å². The molecule has 0 aliphatic rings. The van der Waals surface area contributed by atoms with E-state index < -0.39 is 17.7 Å². The Bertz CT molecular complexity index is 1200. The third-order valence-electron chi connectivity index (χ3n) is 5.10. The van der Waals surface area contributed by atoms with Gasteiger partial charge in [0.05, 0.1) is 30.5 Å². The smallest absolute Gasteiger partial charge is 0.410 e. The highest BCUT2D eigenvalue weighted by Crippen LogP contribution is 2.18. The zero-order valence-electron chi connectivity index (χ0n) is 20.0. The Labute approximate surface area is 203 Å². The highest BCUT2D eigenvalue weighted by Gasteiger charge is 2.28. The molecular weight excluding hydrogens is 450 g/mol. The van der Waals surface area contributed by atoms with Crippen LogP contribution in [0, 0.1) is 11.3 Å². The molecule has 2 aromatic heterocycles. The van der Waals surface area contributed by atoms with Gasteiger partial charge in [0.25, 0.3) is 0 Å². The summed E-state index contributed by atoms with van der Waals surface area (Å²) in [4.78, 5) is 26.0. The number of nitrogens with zero attached hydrogens (tertiary/aromatic N) is 5. The van der Waals surface area contributed by atoms with Gasteiger partial charge in [-0.25, -0.2) is 4.79 Å². The molecule has 3 aromatic rings. The summed E-state index contributed by atoms with van der Waals surface area (Å²) in [5.41, 5.74) is 6.94. The van der Waals surface area contributed by atoms with Crippen molar-refractivity contribution in [2.45, 2.75) is 38.6 Å². The lowest BCUT2D eigenvalue weighted by Gasteiger charge is -2.24. The molecule has 2 amide bonds. The van der Waals surface area contributed by atoms with Crippen LogP contribution >= 0.6 is 0 Å². The normalized spacial score (nSPS) is 12.1. The molecule has 3 N–H and O–H groups in total. The first-order valence-electron chi connectivity index (χ1n) is 11.0. The zero-order valence-corrected chi connectivity index (χ0v) is 20.0. The van der Waals surface area contributed by atoms with Crippen molar-refractivity contribution in [2.75, 3.05) is 20.2 Å². The van der Waals surface area contributed by atoms with E-state index in [9.17, 15) is 9.59 Å². The van der Waals surface area contributed by atoms with Crippen molar-refractivity contribution in [1.29, 1.82) is 5.26 Å². The number of amides is 2. The Morgan fingerprint density at radius 2 is 1.91 bits per heavy atom. The Kier molecular flexibility index (Phi) is 8.35. The number of nitrogens with two attached hydrogens (primary N) is 1. The molecular formula is C24H29N7O4. The molecule has 0 saturated heterocycles. The van der Waals surface area contributed by atoms with Crippen molar-refractivity contribution in [1.82, 2.24) is 24.8 Å².